The molecule has 0 spiro atoms. The molecule has 21 heavy (non-hydrogen) atoms. The zero-order valence-electron chi connectivity index (χ0n) is 13.0. The lowest BCUT2D eigenvalue weighted by Crippen LogP contribution is -2.37. The summed E-state index contributed by atoms with van der Waals surface area (Å²) >= 11 is 0. The molecule has 1 heterocycles. The number of anilines is 1. The Hall–Kier alpha value is -1.51. The molecular formula is C18H26N2O. The van der Waals surface area contributed by atoms with Gasteiger partial charge in [-0.25, -0.2) is 0 Å². The van der Waals surface area contributed by atoms with Crippen LogP contribution in [0.15, 0.2) is 18.2 Å². The summed E-state index contributed by atoms with van der Waals surface area (Å²) in [5.74, 6) is 0.969. The molecule has 2 N–H and O–H groups in total. The highest BCUT2D eigenvalue weighted by Gasteiger charge is 2.22. The number of aryl methyl sites for hydroxylation is 1. The molecule has 1 aliphatic heterocycles. The lowest BCUT2D eigenvalue weighted by atomic mass is 9.84. The predicted octanol–water partition coefficient (Wildman–Crippen LogP) is 3.74. The van der Waals surface area contributed by atoms with Gasteiger partial charge in [-0.05, 0) is 68.2 Å². The second-order valence-electron chi connectivity index (χ2n) is 6.50. The molecule has 0 bridgehead atoms. The van der Waals surface area contributed by atoms with Crippen molar-refractivity contribution < 1.29 is 4.79 Å². The molecule has 1 saturated carbocycles. The van der Waals surface area contributed by atoms with Gasteiger partial charge in [-0.1, -0.05) is 13.3 Å². The molecule has 0 unspecified atom stereocenters. The summed E-state index contributed by atoms with van der Waals surface area (Å²) in [7, 11) is 0. The van der Waals surface area contributed by atoms with Crippen LogP contribution in [0.3, 0.4) is 0 Å². The number of benzene rings is 1. The van der Waals surface area contributed by atoms with Crippen LogP contribution in [0.4, 0.5) is 5.69 Å². The molecule has 1 amide bonds. The van der Waals surface area contributed by atoms with E-state index in [1.54, 1.807) is 0 Å². The first kappa shape index (κ1) is 14.4. The fourth-order valence-corrected chi connectivity index (χ4v) is 3.60. The fourth-order valence-electron chi connectivity index (χ4n) is 3.60. The second kappa shape index (κ2) is 6.50. The summed E-state index contributed by atoms with van der Waals surface area (Å²) in [6, 6.07) is 6.44. The van der Waals surface area contributed by atoms with Crippen molar-refractivity contribution >= 4 is 11.6 Å². The SMILES string of the molecule is CCC1CCC(NC(=O)c2ccc3c(c2)CCCN3)CC1. The third-order valence-electron chi connectivity index (χ3n) is 5.07. The molecule has 0 aromatic heterocycles. The van der Waals surface area contributed by atoms with Crippen molar-refractivity contribution in [2.24, 2.45) is 5.92 Å². The van der Waals surface area contributed by atoms with E-state index in [4.69, 9.17) is 0 Å². The van der Waals surface area contributed by atoms with Crippen molar-refractivity contribution in [3.05, 3.63) is 29.3 Å². The van der Waals surface area contributed by atoms with Crippen molar-refractivity contribution in [2.75, 3.05) is 11.9 Å². The van der Waals surface area contributed by atoms with Crippen LogP contribution in [-0.2, 0) is 6.42 Å². The molecule has 3 heteroatoms. The van der Waals surface area contributed by atoms with Crippen molar-refractivity contribution in [3.63, 3.8) is 0 Å². The summed E-state index contributed by atoms with van der Waals surface area (Å²) in [4.78, 5) is 12.4. The minimum Gasteiger partial charge on any atom is -0.385 e. The summed E-state index contributed by atoms with van der Waals surface area (Å²) in [5, 5.41) is 6.62. The Morgan fingerprint density at radius 1 is 1.29 bits per heavy atom. The maximum Gasteiger partial charge on any atom is 0.251 e. The van der Waals surface area contributed by atoms with E-state index < -0.39 is 0 Å². The average Bonchev–Trinajstić information content (AvgIpc) is 2.55. The van der Waals surface area contributed by atoms with E-state index in [0.29, 0.717) is 6.04 Å². The maximum absolute atomic E-state index is 12.4. The van der Waals surface area contributed by atoms with Gasteiger partial charge in [0.2, 0.25) is 0 Å². The van der Waals surface area contributed by atoms with E-state index >= 15 is 0 Å². The van der Waals surface area contributed by atoms with Crippen LogP contribution in [-0.4, -0.2) is 18.5 Å². The predicted molar refractivity (Wildman–Crippen MR) is 86.8 cm³/mol. The van der Waals surface area contributed by atoms with Gasteiger partial charge in [0, 0.05) is 23.8 Å². The van der Waals surface area contributed by atoms with Crippen LogP contribution in [0.1, 0.15) is 61.4 Å². The first-order valence-corrected chi connectivity index (χ1v) is 8.44. The van der Waals surface area contributed by atoms with Gasteiger partial charge >= 0.3 is 0 Å². The Balaban J connectivity index is 1.60. The van der Waals surface area contributed by atoms with E-state index in [9.17, 15) is 4.79 Å². The lowest BCUT2D eigenvalue weighted by Gasteiger charge is -2.28. The highest BCUT2D eigenvalue weighted by molar-refractivity contribution is 5.95. The van der Waals surface area contributed by atoms with Crippen molar-refractivity contribution in [1.82, 2.24) is 5.32 Å². The van der Waals surface area contributed by atoms with E-state index in [-0.39, 0.29) is 5.91 Å². The number of fused-ring (bicyclic) bond motifs is 1. The summed E-state index contributed by atoms with van der Waals surface area (Å²) in [5.41, 5.74) is 3.29. The number of hydrogen-bond donors (Lipinski definition) is 2. The molecular weight excluding hydrogens is 260 g/mol. The standard InChI is InChI=1S/C18H26N2O/c1-2-13-5-8-16(9-6-13)20-18(21)15-7-10-17-14(12-15)4-3-11-19-17/h7,10,12-13,16,19H,2-6,8-9,11H2,1H3,(H,20,21). The van der Waals surface area contributed by atoms with Crippen molar-refractivity contribution in [3.8, 4) is 0 Å². The zero-order valence-corrected chi connectivity index (χ0v) is 13.0. The zero-order chi connectivity index (χ0) is 14.7. The Morgan fingerprint density at radius 2 is 2.10 bits per heavy atom. The molecule has 2 aliphatic rings. The van der Waals surface area contributed by atoms with E-state index in [0.717, 1.165) is 43.7 Å². The third kappa shape index (κ3) is 3.39. The molecule has 0 saturated heterocycles. The Morgan fingerprint density at radius 3 is 2.86 bits per heavy atom. The number of hydrogen-bond acceptors (Lipinski definition) is 2. The first-order chi connectivity index (χ1) is 10.3. The molecule has 1 aromatic rings. The van der Waals surface area contributed by atoms with Crippen LogP contribution in [0.5, 0.6) is 0 Å². The number of carbonyl (C=O) groups excluding carboxylic acids is 1. The van der Waals surface area contributed by atoms with Gasteiger partial charge in [-0.3, -0.25) is 4.79 Å². The minimum absolute atomic E-state index is 0.100. The minimum atomic E-state index is 0.100. The molecule has 114 valence electrons. The van der Waals surface area contributed by atoms with Crippen LogP contribution in [0.2, 0.25) is 0 Å². The average molecular weight is 286 g/mol. The van der Waals surface area contributed by atoms with Crippen molar-refractivity contribution in [2.45, 2.75) is 57.9 Å². The van der Waals surface area contributed by atoms with Gasteiger partial charge in [0.25, 0.3) is 5.91 Å². The fraction of sp³-hybridized carbons (Fsp3) is 0.611. The topological polar surface area (TPSA) is 41.1 Å². The van der Waals surface area contributed by atoms with Gasteiger partial charge in [-0.2, -0.15) is 0 Å². The van der Waals surface area contributed by atoms with E-state index in [2.05, 4.69) is 29.7 Å². The Kier molecular flexibility index (Phi) is 4.47. The normalized spacial score (nSPS) is 24.8. The molecule has 1 aliphatic carbocycles. The Labute approximate surface area is 127 Å². The molecule has 1 fully saturated rings. The van der Waals surface area contributed by atoms with Crippen LogP contribution in [0, 0.1) is 5.92 Å². The summed E-state index contributed by atoms with van der Waals surface area (Å²) in [6.07, 6.45) is 8.29. The number of nitrogens with one attached hydrogen (secondary N) is 2. The molecule has 3 rings (SSSR count). The second-order valence-corrected chi connectivity index (χ2v) is 6.50. The van der Waals surface area contributed by atoms with Gasteiger partial charge in [0.1, 0.15) is 0 Å². The Bertz CT molecular complexity index is 504. The smallest absolute Gasteiger partial charge is 0.251 e. The summed E-state index contributed by atoms with van der Waals surface area (Å²) in [6.45, 7) is 3.31. The maximum atomic E-state index is 12.4. The number of rotatable bonds is 3. The van der Waals surface area contributed by atoms with Crippen LogP contribution in [0.25, 0.3) is 0 Å². The van der Waals surface area contributed by atoms with E-state index in [1.807, 2.05) is 6.07 Å². The van der Waals surface area contributed by atoms with Crippen molar-refractivity contribution in [1.29, 1.82) is 0 Å². The lowest BCUT2D eigenvalue weighted by molar-refractivity contribution is 0.0921. The van der Waals surface area contributed by atoms with Gasteiger partial charge in [0.15, 0.2) is 0 Å². The molecule has 3 nitrogen and oxygen atoms in total. The number of amides is 1. The van der Waals surface area contributed by atoms with Crippen LogP contribution < -0.4 is 10.6 Å². The first-order valence-electron chi connectivity index (χ1n) is 8.44. The molecule has 1 aromatic carbocycles. The third-order valence-corrected chi connectivity index (χ3v) is 5.07. The van der Waals surface area contributed by atoms with E-state index in [1.165, 1.54) is 30.5 Å². The van der Waals surface area contributed by atoms with Gasteiger partial charge in [0.05, 0.1) is 0 Å². The highest BCUT2D eigenvalue weighted by atomic mass is 16.1. The number of carbonyl (C=O) groups is 1. The quantitative estimate of drug-likeness (QED) is 0.888. The monoisotopic (exact) mass is 286 g/mol. The molecule has 0 radical (unpaired) electrons. The van der Waals surface area contributed by atoms with Gasteiger partial charge in [-0.15, -0.1) is 0 Å². The summed E-state index contributed by atoms with van der Waals surface area (Å²) < 4.78 is 0. The van der Waals surface area contributed by atoms with Crippen LogP contribution >= 0.6 is 0 Å². The molecule has 0 atom stereocenters. The largest absolute Gasteiger partial charge is 0.385 e. The highest BCUT2D eigenvalue weighted by Crippen LogP contribution is 2.27. The van der Waals surface area contributed by atoms with Gasteiger partial charge < -0.3 is 10.6 Å².